The third kappa shape index (κ3) is 2.45. The van der Waals surface area contributed by atoms with Crippen LogP contribution in [0.25, 0.3) is 0 Å². The van der Waals surface area contributed by atoms with Gasteiger partial charge in [-0.05, 0) is 26.0 Å². The van der Waals surface area contributed by atoms with E-state index in [0.717, 1.165) is 12.8 Å². The van der Waals surface area contributed by atoms with Gasteiger partial charge in [-0.3, -0.25) is 0 Å². The Labute approximate surface area is 99.3 Å². The molecule has 1 fully saturated rings. The minimum absolute atomic E-state index is 0.0707. The minimum atomic E-state index is -3.48. The summed E-state index contributed by atoms with van der Waals surface area (Å²) in [5.74, 6) is 0.541. The van der Waals surface area contributed by atoms with Crippen molar-refractivity contribution in [2.24, 2.45) is 0 Å². The van der Waals surface area contributed by atoms with E-state index < -0.39 is 10.0 Å². The lowest BCUT2D eigenvalue weighted by Gasteiger charge is -2.07. The molecule has 1 aliphatic carbocycles. The minimum Gasteiger partial charge on any atom is -0.366 e. The Morgan fingerprint density at radius 2 is 2.19 bits per heavy atom. The van der Waals surface area contributed by atoms with Gasteiger partial charge < -0.3 is 5.32 Å². The number of hydrogen-bond acceptors (Lipinski definition) is 4. The van der Waals surface area contributed by atoms with E-state index in [1.54, 1.807) is 0 Å². The Kier molecular flexibility index (Phi) is 3.05. The van der Waals surface area contributed by atoms with Gasteiger partial charge in [0.15, 0.2) is 0 Å². The Hall–Kier alpha value is -0.850. The van der Waals surface area contributed by atoms with E-state index >= 15 is 0 Å². The number of aromatic nitrogens is 1. The van der Waals surface area contributed by atoms with Gasteiger partial charge in [0.05, 0.1) is 5.02 Å². The monoisotopic (exact) mass is 261 g/mol. The number of nitrogens with zero attached hydrogens (tertiary/aromatic N) is 1. The molecule has 0 radical (unpaired) electrons. The first kappa shape index (κ1) is 11.6. The molecular weight excluding hydrogens is 250 g/mol. The van der Waals surface area contributed by atoms with Crippen LogP contribution in [-0.4, -0.2) is 26.5 Å². The zero-order valence-corrected chi connectivity index (χ0v) is 10.3. The molecule has 0 aromatic carbocycles. The average Bonchev–Trinajstić information content (AvgIpc) is 3.05. The molecular formula is C9H12ClN3O2S. The van der Waals surface area contributed by atoms with E-state index in [1.165, 1.54) is 19.3 Å². The van der Waals surface area contributed by atoms with E-state index in [0.29, 0.717) is 16.9 Å². The molecule has 0 atom stereocenters. The molecule has 0 bridgehead atoms. The molecule has 1 heterocycles. The molecule has 1 aliphatic rings. The van der Waals surface area contributed by atoms with Gasteiger partial charge >= 0.3 is 0 Å². The Bertz CT molecular complexity index is 499. The third-order valence-corrected chi connectivity index (χ3v) is 3.98. The number of pyridine rings is 1. The van der Waals surface area contributed by atoms with Crippen LogP contribution in [0.1, 0.15) is 12.8 Å². The van der Waals surface area contributed by atoms with E-state index in [4.69, 9.17) is 11.6 Å². The van der Waals surface area contributed by atoms with E-state index in [-0.39, 0.29) is 4.90 Å². The number of hydrogen-bond donors (Lipinski definition) is 2. The first-order valence-corrected chi connectivity index (χ1v) is 6.74. The normalized spacial score (nSPS) is 16.1. The molecule has 1 saturated carbocycles. The van der Waals surface area contributed by atoms with Gasteiger partial charge in [0.2, 0.25) is 10.0 Å². The Morgan fingerprint density at radius 1 is 1.50 bits per heavy atom. The average molecular weight is 262 g/mol. The van der Waals surface area contributed by atoms with Crippen molar-refractivity contribution in [3.05, 3.63) is 17.3 Å². The zero-order chi connectivity index (χ0) is 11.8. The number of nitrogens with one attached hydrogen (secondary N) is 2. The highest BCUT2D eigenvalue weighted by Gasteiger charge is 2.23. The van der Waals surface area contributed by atoms with E-state index in [1.807, 2.05) is 0 Å². The maximum absolute atomic E-state index is 11.5. The van der Waals surface area contributed by atoms with Crippen molar-refractivity contribution in [3.63, 3.8) is 0 Å². The number of anilines is 1. The summed E-state index contributed by atoms with van der Waals surface area (Å²) in [7, 11) is -2.13. The second kappa shape index (κ2) is 4.20. The number of sulfonamides is 1. The molecule has 0 amide bonds. The lowest BCUT2D eigenvalue weighted by Crippen LogP contribution is -2.19. The van der Waals surface area contributed by atoms with Gasteiger partial charge in [-0.15, -0.1) is 0 Å². The molecule has 7 heteroatoms. The maximum atomic E-state index is 11.5. The third-order valence-electron chi connectivity index (χ3n) is 2.31. The van der Waals surface area contributed by atoms with Crippen molar-refractivity contribution in [1.29, 1.82) is 0 Å². The molecule has 1 aromatic heterocycles. The topological polar surface area (TPSA) is 71.1 Å². The van der Waals surface area contributed by atoms with Gasteiger partial charge in [-0.2, -0.15) is 0 Å². The molecule has 88 valence electrons. The van der Waals surface area contributed by atoms with E-state index in [9.17, 15) is 8.42 Å². The van der Waals surface area contributed by atoms with Crippen LogP contribution in [0.2, 0.25) is 5.02 Å². The second-order valence-electron chi connectivity index (χ2n) is 3.63. The van der Waals surface area contributed by atoms with Crippen LogP contribution in [0.4, 0.5) is 5.82 Å². The first-order chi connectivity index (χ1) is 7.53. The summed E-state index contributed by atoms with van der Waals surface area (Å²) in [5, 5.41) is 3.44. The fourth-order valence-corrected chi connectivity index (χ4v) is 2.20. The van der Waals surface area contributed by atoms with Crippen molar-refractivity contribution >= 4 is 27.4 Å². The maximum Gasteiger partial charge on any atom is 0.241 e. The van der Waals surface area contributed by atoms with Crippen LogP contribution in [0, 0.1) is 0 Å². The Morgan fingerprint density at radius 3 is 2.69 bits per heavy atom. The van der Waals surface area contributed by atoms with Gasteiger partial charge in [0, 0.05) is 12.2 Å². The second-order valence-corrected chi connectivity index (χ2v) is 5.92. The molecule has 1 aromatic rings. The van der Waals surface area contributed by atoms with Crippen molar-refractivity contribution in [1.82, 2.24) is 9.71 Å². The fourth-order valence-electron chi connectivity index (χ4n) is 1.21. The number of rotatable bonds is 4. The molecule has 0 unspecified atom stereocenters. The van der Waals surface area contributed by atoms with Crippen LogP contribution in [0.5, 0.6) is 0 Å². The molecule has 2 rings (SSSR count). The predicted octanol–water partition coefficient (Wildman–Crippen LogP) is 1.22. The highest BCUT2D eigenvalue weighted by Crippen LogP contribution is 2.28. The largest absolute Gasteiger partial charge is 0.366 e. The smallest absolute Gasteiger partial charge is 0.241 e. The van der Waals surface area contributed by atoms with Crippen molar-refractivity contribution in [3.8, 4) is 0 Å². The predicted molar refractivity (Wildman–Crippen MR) is 62.1 cm³/mol. The molecule has 0 spiro atoms. The standard InChI is InChI=1S/C9H12ClN3O2S/c1-11-16(14,15)7-4-8(10)9(12-5-7)13-6-2-3-6/h4-6,11H,2-3H2,1H3,(H,12,13). The quantitative estimate of drug-likeness (QED) is 0.855. The molecule has 2 N–H and O–H groups in total. The SMILES string of the molecule is CNS(=O)(=O)c1cnc(NC2CC2)c(Cl)c1. The molecule has 16 heavy (non-hydrogen) atoms. The van der Waals surface area contributed by atoms with Crippen LogP contribution >= 0.6 is 11.6 Å². The summed E-state index contributed by atoms with van der Waals surface area (Å²) >= 11 is 5.95. The fraction of sp³-hybridized carbons (Fsp3) is 0.444. The summed E-state index contributed by atoms with van der Waals surface area (Å²) < 4.78 is 25.1. The van der Waals surface area contributed by atoms with E-state index in [2.05, 4.69) is 15.0 Å². The van der Waals surface area contributed by atoms with Crippen LogP contribution in [0.3, 0.4) is 0 Å². The van der Waals surface area contributed by atoms with Gasteiger partial charge in [-0.25, -0.2) is 18.1 Å². The Balaban J connectivity index is 2.28. The lowest BCUT2D eigenvalue weighted by atomic mass is 10.4. The molecule has 5 nitrogen and oxygen atoms in total. The summed E-state index contributed by atoms with van der Waals surface area (Å²) in [4.78, 5) is 4.08. The number of halogens is 1. The van der Waals surface area contributed by atoms with Crippen LogP contribution in [-0.2, 0) is 10.0 Å². The summed E-state index contributed by atoms with van der Waals surface area (Å²) in [5.41, 5.74) is 0. The van der Waals surface area contributed by atoms with Crippen LogP contribution < -0.4 is 10.0 Å². The van der Waals surface area contributed by atoms with Gasteiger partial charge in [0.25, 0.3) is 0 Å². The lowest BCUT2D eigenvalue weighted by molar-refractivity contribution is 0.588. The first-order valence-electron chi connectivity index (χ1n) is 4.88. The zero-order valence-electron chi connectivity index (χ0n) is 8.70. The van der Waals surface area contributed by atoms with Crippen molar-refractivity contribution in [2.75, 3.05) is 12.4 Å². The van der Waals surface area contributed by atoms with Crippen LogP contribution in [0.15, 0.2) is 17.2 Å². The highest BCUT2D eigenvalue weighted by molar-refractivity contribution is 7.89. The summed E-state index contributed by atoms with van der Waals surface area (Å²) in [6.07, 6.45) is 3.51. The van der Waals surface area contributed by atoms with Gasteiger partial charge in [-0.1, -0.05) is 11.6 Å². The van der Waals surface area contributed by atoms with Crippen molar-refractivity contribution < 1.29 is 8.42 Å². The highest BCUT2D eigenvalue weighted by atomic mass is 35.5. The summed E-state index contributed by atoms with van der Waals surface area (Å²) in [6.45, 7) is 0. The molecule has 0 saturated heterocycles. The molecule has 0 aliphatic heterocycles. The van der Waals surface area contributed by atoms with Crippen molar-refractivity contribution in [2.45, 2.75) is 23.8 Å². The van der Waals surface area contributed by atoms with Gasteiger partial charge in [0.1, 0.15) is 10.7 Å². The summed E-state index contributed by atoms with van der Waals surface area (Å²) in [6, 6.07) is 1.82.